The van der Waals surface area contributed by atoms with E-state index in [0.717, 1.165) is 47.1 Å². The van der Waals surface area contributed by atoms with E-state index in [0.29, 0.717) is 5.69 Å². The topological polar surface area (TPSA) is 84.2 Å². The van der Waals surface area contributed by atoms with Gasteiger partial charge in [0.25, 0.3) is 5.91 Å². The van der Waals surface area contributed by atoms with Crippen LogP contribution >= 0.6 is 15.9 Å². The van der Waals surface area contributed by atoms with E-state index in [9.17, 15) is 9.59 Å². The van der Waals surface area contributed by atoms with Gasteiger partial charge in [-0.2, -0.15) is 5.10 Å². The first-order chi connectivity index (χ1) is 11.5. The molecule has 126 valence electrons. The molecular formula is C17H18BrN3O3. The first kappa shape index (κ1) is 16.7. The Morgan fingerprint density at radius 1 is 1.25 bits per heavy atom. The predicted molar refractivity (Wildman–Crippen MR) is 92.5 cm³/mol. The van der Waals surface area contributed by atoms with Crippen molar-refractivity contribution < 1.29 is 14.7 Å². The SMILES string of the molecule is C[C@H](NC(=O)c1nn(-c2ccc(Br)cc2)c2c1CCCC2)C(=O)O. The zero-order chi connectivity index (χ0) is 17.3. The summed E-state index contributed by atoms with van der Waals surface area (Å²) >= 11 is 3.41. The fourth-order valence-corrected chi connectivity index (χ4v) is 3.17. The van der Waals surface area contributed by atoms with Crippen LogP contribution in [0.2, 0.25) is 0 Å². The number of carboxylic acids is 1. The Bertz CT molecular complexity index is 783. The molecule has 1 atom stereocenters. The largest absolute Gasteiger partial charge is 0.480 e. The molecule has 0 radical (unpaired) electrons. The van der Waals surface area contributed by atoms with E-state index < -0.39 is 17.9 Å². The third-order valence-electron chi connectivity index (χ3n) is 4.18. The summed E-state index contributed by atoms with van der Waals surface area (Å²) in [6.07, 6.45) is 3.71. The van der Waals surface area contributed by atoms with Crippen LogP contribution < -0.4 is 5.32 Å². The van der Waals surface area contributed by atoms with Gasteiger partial charge in [-0.1, -0.05) is 15.9 Å². The highest BCUT2D eigenvalue weighted by Gasteiger charge is 2.27. The fraction of sp³-hybridized carbons (Fsp3) is 0.353. The highest BCUT2D eigenvalue weighted by Crippen LogP contribution is 2.27. The average molecular weight is 392 g/mol. The van der Waals surface area contributed by atoms with Crippen molar-refractivity contribution in [3.05, 3.63) is 45.7 Å². The van der Waals surface area contributed by atoms with Gasteiger partial charge >= 0.3 is 5.97 Å². The second-order valence-corrected chi connectivity index (χ2v) is 6.82. The molecule has 6 nitrogen and oxygen atoms in total. The van der Waals surface area contributed by atoms with Crippen LogP contribution in [0.3, 0.4) is 0 Å². The first-order valence-corrected chi connectivity index (χ1v) is 8.67. The number of rotatable bonds is 4. The van der Waals surface area contributed by atoms with E-state index in [2.05, 4.69) is 26.3 Å². The van der Waals surface area contributed by atoms with Crippen LogP contribution in [-0.2, 0) is 17.6 Å². The molecule has 3 rings (SSSR count). The van der Waals surface area contributed by atoms with Gasteiger partial charge in [0, 0.05) is 15.7 Å². The summed E-state index contributed by atoms with van der Waals surface area (Å²) < 4.78 is 2.78. The van der Waals surface area contributed by atoms with Crippen molar-refractivity contribution in [2.45, 2.75) is 38.6 Å². The molecule has 1 aliphatic rings. The van der Waals surface area contributed by atoms with Crippen molar-refractivity contribution in [2.75, 3.05) is 0 Å². The molecule has 0 spiro atoms. The monoisotopic (exact) mass is 391 g/mol. The average Bonchev–Trinajstić information content (AvgIpc) is 2.95. The summed E-state index contributed by atoms with van der Waals surface area (Å²) in [6, 6.07) is 6.78. The number of fused-ring (bicyclic) bond motifs is 1. The Kier molecular flexibility index (Phi) is 4.71. The standard InChI is InChI=1S/C17H18BrN3O3/c1-10(17(23)24)19-16(22)15-13-4-2-3-5-14(13)21(20-15)12-8-6-11(18)7-9-12/h6-10H,2-5H2,1H3,(H,19,22)(H,23,24)/t10-/m0/s1. The first-order valence-electron chi connectivity index (χ1n) is 7.87. The molecule has 2 N–H and O–H groups in total. The Labute approximate surface area is 148 Å². The van der Waals surface area contributed by atoms with Crippen molar-refractivity contribution in [1.82, 2.24) is 15.1 Å². The van der Waals surface area contributed by atoms with Crippen LogP contribution in [0.5, 0.6) is 0 Å². The molecule has 7 heteroatoms. The van der Waals surface area contributed by atoms with E-state index >= 15 is 0 Å². The fourth-order valence-electron chi connectivity index (χ4n) is 2.90. The molecule has 24 heavy (non-hydrogen) atoms. The van der Waals surface area contributed by atoms with Crippen molar-refractivity contribution >= 4 is 27.8 Å². The lowest BCUT2D eigenvalue weighted by molar-refractivity contribution is -0.138. The molecule has 0 saturated heterocycles. The lowest BCUT2D eigenvalue weighted by Crippen LogP contribution is -2.39. The minimum absolute atomic E-state index is 0.334. The number of carbonyl (C=O) groups is 2. The van der Waals surface area contributed by atoms with Gasteiger partial charge in [-0.05, 0) is 56.9 Å². The molecule has 1 heterocycles. The number of benzene rings is 1. The quantitative estimate of drug-likeness (QED) is 0.838. The van der Waals surface area contributed by atoms with Gasteiger partial charge in [-0.15, -0.1) is 0 Å². The van der Waals surface area contributed by atoms with Gasteiger partial charge in [0.15, 0.2) is 5.69 Å². The smallest absolute Gasteiger partial charge is 0.325 e. The number of nitrogens with zero attached hydrogens (tertiary/aromatic N) is 2. The molecule has 1 aromatic carbocycles. The lowest BCUT2D eigenvalue weighted by atomic mass is 9.95. The number of aliphatic carboxylic acids is 1. The molecule has 0 saturated carbocycles. The number of hydrogen-bond donors (Lipinski definition) is 2. The maximum Gasteiger partial charge on any atom is 0.325 e. The summed E-state index contributed by atoms with van der Waals surface area (Å²) in [5, 5.41) is 16.0. The molecule has 0 unspecified atom stereocenters. The number of carbonyl (C=O) groups excluding carboxylic acids is 1. The Hall–Kier alpha value is -2.15. The number of carboxylic acid groups (broad SMARTS) is 1. The maximum atomic E-state index is 12.5. The van der Waals surface area contributed by atoms with Crippen LogP contribution in [0.4, 0.5) is 0 Å². The Morgan fingerprint density at radius 2 is 1.92 bits per heavy atom. The van der Waals surface area contributed by atoms with Crippen molar-refractivity contribution in [3.63, 3.8) is 0 Å². The van der Waals surface area contributed by atoms with Gasteiger partial charge in [0.2, 0.25) is 0 Å². The number of hydrogen-bond acceptors (Lipinski definition) is 3. The third-order valence-corrected chi connectivity index (χ3v) is 4.71. The number of nitrogens with one attached hydrogen (secondary N) is 1. The predicted octanol–water partition coefficient (Wildman–Crippen LogP) is 2.72. The highest BCUT2D eigenvalue weighted by atomic mass is 79.9. The second-order valence-electron chi connectivity index (χ2n) is 5.90. The molecule has 2 aromatic rings. The van der Waals surface area contributed by atoms with Crippen LogP contribution in [0.25, 0.3) is 5.69 Å². The van der Waals surface area contributed by atoms with Crippen molar-refractivity contribution in [2.24, 2.45) is 0 Å². The van der Waals surface area contributed by atoms with E-state index in [4.69, 9.17) is 5.11 Å². The molecule has 1 aliphatic carbocycles. The molecule has 0 aliphatic heterocycles. The van der Waals surface area contributed by atoms with Gasteiger partial charge in [-0.3, -0.25) is 9.59 Å². The van der Waals surface area contributed by atoms with E-state index in [1.165, 1.54) is 6.92 Å². The van der Waals surface area contributed by atoms with E-state index in [-0.39, 0.29) is 0 Å². The van der Waals surface area contributed by atoms with Crippen LogP contribution in [0.15, 0.2) is 28.7 Å². The Balaban J connectivity index is 2.00. The van der Waals surface area contributed by atoms with Crippen LogP contribution in [0, 0.1) is 0 Å². The molecular weight excluding hydrogens is 374 g/mol. The zero-order valence-corrected chi connectivity index (χ0v) is 14.8. The molecule has 0 bridgehead atoms. The van der Waals surface area contributed by atoms with Gasteiger partial charge in [-0.25, -0.2) is 4.68 Å². The third kappa shape index (κ3) is 3.21. The number of amides is 1. The van der Waals surface area contributed by atoms with Crippen LogP contribution in [-0.4, -0.2) is 32.8 Å². The molecule has 1 aromatic heterocycles. The summed E-state index contributed by atoms with van der Waals surface area (Å²) in [5.41, 5.74) is 3.19. The number of aromatic nitrogens is 2. The zero-order valence-electron chi connectivity index (χ0n) is 13.3. The van der Waals surface area contributed by atoms with Gasteiger partial charge in [0.1, 0.15) is 6.04 Å². The van der Waals surface area contributed by atoms with E-state index in [1.54, 1.807) is 4.68 Å². The summed E-state index contributed by atoms with van der Waals surface area (Å²) in [7, 11) is 0. The minimum Gasteiger partial charge on any atom is -0.480 e. The molecule has 0 fully saturated rings. The van der Waals surface area contributed by atoms with Gasteiger partial charge < -0.3 is 10.4 Å². The summed E-state index contributed by atoms with van der Waals surface area (Å²) in [5.74, 6) is -1.50. The van der Waals surface area contributed by atoms with Crippen molar-refractivity contribution in [3.8, 4) is 5.69 Å². The maximum absolute atomic E-state index is 12.5. The second kappa shape index (κ2) is 6.76. The normalized spacial score (nSPS) is 14.8. The summed E-state index contributed by atoms with van der Waals surface area (Å²) in [6.45, 7) is 1.44. The minimum atomic E-state index is -1.07. The Morgan fingerprint density at radius 3 is 2.58 bits per heavy atom. The van der Waals surface area contributed by atoms with Crippen LogP contribution in [0.1, 0.15) is 41.5 Å². The lowest BCUT2D eigenvalue weighted by Gasteiger charge is -2.14. The molecule has 1 amide bonds. The highest BCUT2D eigenvalue weighted by molar-refractivity contribution is 9.10. The summed E-state index contributed by atoms with van der Waals surface area (Å²) in [4.78, 5) is 23.4. The van der Waals surface area contributed by atoms with Gasteiger partial charge in [0.05, 0.1) is 5.69 Å². The van der Waals surface area contributed by atoms with Crippen molar-refractivity contribution in [1.29, 1.82) is 0 Å². The number of halogens is 1. The van der Waals surface area contributed by atoms with E-state index in [1.807, 2.05) is 24.3 Å².